The van der Waals surface area contributed by atoms with Crippen molar-refractivity contribution in [3.8, 4) is 0 Å². The van der Waals surface area contributed by atoms with Crippen molar-refractivity contribution >= 4 is 0 Å². The third-order valence-corrected chi connectivity index (χ3v) is 5.68. The molecule has 0 saturated carbocycles. The first kappa shape index (κ1) is 16.2. The maximum atomic E-state index is 6.26. The monoisotopic (exact) mass is 282 g/mol. The lowest BCUT2D eigenvalue weighted by Gasteiger charge is -2.49. The predicted octanol–water partition coefficient (Wildman–Crippen LogP) is 1.22. The fraction of sp³-hybridized carbons (Fsp3) is 1.00. The number of hydrogen-bond donors (Lipinski definition) is 1. The summed E-state index contributed by atoms with van der Waals surface area (Å²) in [5, 5.41) is 0. The second-order valence-corrected chi connectivity index (χ2v) is 6.64. The van der Waals surface area contributed by atoms with Crippen LogP contribution in [0.2, 0.25) is 0 Å². The van der Waals surface area contributed by atoms with Gasteiger partial charge >= 0.3 is 0 Å². The van der Waals surface area contributed by atoms with Gasteiger partial charge in [-0.05, 0) is 52.4 Å². The molecule has 118 valence electrons. The van der Waals surface area contributed by atoms with Gasteiger partial charge in [0.15, 0.2) is 0 Å². The molecular formula is C16H34N4. The van der Waals surface area contributed by atoms with Crippen molar-refractivity contribution in [2.24, 2.45) is 5.73 Å². The summed E-state index contributed by atoms with van der Waals surface area (Å²) in [6.45, 7) is 16.2. The largest absolute Gasteiger partial charge is 0.329 e. The lowest BCUT2D eigenvalue weighted by atomic mass is 9.87. The standard InChI is InChI=1S/C16H34N4/c1-4-18-9-6-7-16(14-17,8-10-18)20-12-11-19(5-2)15(3)13-20/h15H,4-14,17H2,1-3H3. The average Bonchev–Trinajstić information content (AvgIpc) is 2.70. The topological polar surface area (TPSA) is 35.7 Å². The number of nitrogens with zero attached hydrogens (tertiary/aromatic N) is 3. The quantitative estimate of drug-likeness (QED) is 0.841. The van der Waals surface area contributed by atoms with Gasteiger partial charge in [-0.25, -0.2) is 0 Å². The van der Waals surface area contributed by atoms with Crippen LogP contribution in [-0.2, 0) is 0 Å². The van der Waals surface area contributed by atoms with Gasteiger partial charge in [0.05, 0.1) is 0 Å². The minimum atomic E-state index is 0.262. The molecule has 2 saturated heterocycles. The summed E-state index contributed by atoms with van der Waals surface area (Å²) in [4.78, 5) is 7.90. The van der Waals surface area contributed by atoms with Crippen molar-refractivity contribution in [1.29, 1.82) is 0 Å². The van der Waals surface area contributed by atoms with Gasteiger partial charge in [-0.3, -0.25) is 9.80 Å². The van der Waals surface area contributed by atoms with Gasteiger partial charge in [0, 0.05) is 37.8 Å². The van der Waals surface area contributed by atoms with Crippen LogP contribution in [0.5, 0.6) is 0 Å². The molecule has 4 heteroatoms. The van der Waals surface area contributed by atoms with Crippen molar-refractivity contribution in [2.45, 2.75) is 51.6 Å². The molecule has 2 rings (SSSR count). The first-order valence-corrected chi connectivity index (χ1v) is 8.56. The molecular weight excluding hydrogens is 248 g/mol. The summed E-state index contributed by atoms with van der Waals surface area (Å²) < 4.78 is 0. The third kappa shape index (κ3) is 3.35. The van der Waals surface area contributed by atoms with Crippen LogP contribution in [-0.4, -0.2) is 78.6 Å². The Kier molecular flexibility index (Phi) is 5.84. The number of nitrogens with two attached hydrogens (primary N) is 1. The van der Waals surface area contributed by atoms with Crippen molar-refractivity contribution in [3.05, 3.63) is 0 Å². The van der Waals surface area contributed by atoms with Crippen LogP contribution in [0.1, 0.15) is 40.0 Å². The minimum Gasteiger partial charge on any atom is -0.329 e. The van der Waals surface area contributed by atoms with Crippen molar-refractivity contribution in [1.82, 2.24) is 14.7 Å². The highest BCUT2D eigenvalue weighted by atomic mass is 15.3. The number of rotatable bonds is 4. The Hall–Kier alpha value is -0.160. The van der Waals surface area contributed by atoms with Gasteiger partial charge in [-0.15, -0.1) is 0 Å². The van der Waals surface area contributed by atoms with Gasteiger partial charge in [0.2, 0.25) is 0 Å². The molecule has 0 bridgehead atoms. The zero-order valence-corrected chi connectivity index (χ0v) is 13.8. The van der Waals surface area contributed by atoms with Gasteiger partial charge in [0.1, 0.15) is 0 Å². The fourth-order valence-corrected chi connectivity index (χ4v) is 4.10. The Morgan fingerprint density at radius 3 is 2.45 bits per heavy atom. The summed E-state index contributed by atoms with van der Waals surface area (Å²) in [5.74, 6) is 0. The Labute approximate surface area is 125 Å². The summed E-state index contributed by atoms with van der Waals surface area (Å²) in [5.41, 5.74) is 6.53. The van der Waals surface area contributed by atoms with Crippen LogP contribution in [0.4, 0.5) is 0 Å². The van der Waals surface area contributed by atoms with Crippen LogP contribution in [0.15, 0.2) is 0 Å². The SMILES string of the molecule is CCN1CCCC(CN)(N2CCN(CC)C(C)C2)CC1. The summed E-state index contributed by atoms with van der Waals surface area (Å²) in [7, 11) is 0. The highest BCUT2D eigenvalue weighted by molar-refractivity contribution is 4.97. The van der Waals surface area contributed by atoms with E-state index < -0.39 is 0 Å². The van der Waals surface area contributed by atoms with Gasteiger partial charge in [-0.1, -0.05) is 13.8 Å². The molecule has 0 aromatic carbocycles. The molecule has 2 heterocycles. The lowest BCUT2D eigenvalue weighted by Crippen LogP contribution is -2.62. The van der Waals surface area contributed by atoms with E-state index in [0.717, 1.165) is 6.54 Å². The highest BCUT2D eigenvalue weighted by Gasteiger charge is 2.39. The molecule has 4 nitrogen and oxygen atoms in total. The van der Waals surface area contributed by atoms with Gasteiger partial charge in [-0.2, -0.15) is 0 Å². The van der Waals surface area contributed by atoms with Gasteiger partial charge < -0.3 is 10.6 Å². The summed E-state index contributed by atoms with van der Waals surface area (Å²) in [6.07, 6.45) is 3.82. The van der Waals surface area contributed by atoms with E-state index in [1.807, 2.05) is 0 Å². The number of piperazine rings is 1. The normalized spacial score (nSPS) is 35.1. The average molecular weight is 282 g/mol. The van der Waals surface area contributed by atoms with Crippen molar-refractivity contribution in [2.75, 3.05) is 52.4 Å². The van der Waals surface area contributed by atoms with E-state index in [1.165, 1.54) is 65.1 Å². The number of hydrogen-bond acceptors (Lipinski definition) is 4. The number of likely N-dealkylation sites (N-methyl/N-ethyl adjacent to an activating group) is 1. The zero-order valence-electron chi connectivity index (χ0n) is 13.8. The van der Waals surface area contributed by atoms with E-state index in [-0.39, 0.29) is 5.54 Å². The molecule has 0 aromatic heterocycles. The summed E-state index contributed by atoms with van der Waals surface area (Å²) >= 11 is 0. The van der Waals surface area contributed by atoms with Crippen LogP contribution >= 0.6 is 0 Å². The molecule has 0 amide bonds. The van der Waals surface area contributed by atoms with E-state index in [0.29, 0.717) is 6.04 Å². The minimum absolute atomic E-state index is 0.262. The van der Waals surface area contributed by atoms with E-state index in [4.69, 9.17) is 5.73 Å². The maximum Gasteiger partial charge on any atom is 0.0345 e. The van der Waals surface area contributed by atoms with Crippen molar-refractivity contribution in [3.63, 3.8) is 0 Å². The van der Waals surface area contributed by atoms with E-state index in [9.17, 15) is 0 Å². The molecule has 2 aliphatic heterocycles. The smallest absolute Gasteiger partial charge is 0.0345 e. The van der Waals surface area contributed by atoms with Crippen LogP contribution in [0.3, 0.4) is 0 Å². The van der Waals surface area contributed by atoms with Crippen molar-refractivity contribution < 1.29 is 0 Å². The second kappa shape index (κ2) is 7.21. The second-order valence-electron chi connectivity index (χ2n) is 6.64. The Morgan fingerprint density at radius 2 is 1.85 bits per heavy atom. The molecule has 0 aliphatic carbocycles. The van der Waals surface area contributed by atoms with E-state index >= 15 is 0 Å². The third-order valence-electron chi connectivity index (χ3n) is 5.68. The molecule has 0 spiro atoms. The Bertz CT molecular complexity index is 296. The molecule has 2 aliphatic rings. The maximum absolute atomic E-state index is 6.26. The zero-order chi connectivity index (χ0) is 14.6. The molecule has 20 heavy (non-hydrogen) atoms. The Morgan fingerprint density at radius 1 is 1.05 bits per heavy atom. The fourth-order valence-electron chi connectivity index (χ4n) is 4.10. The molecule has 2 atom stereocenters. The van der Waals surface area contributed by atoms with Crippen LogP contribution in [0, 0.1) is 0 Å². The lowest BCUT2D eigenvalue weighted by molar-refractivity contribution is 0.00240. The Balaban J connectivity index is 2.03. The molecule has 2 unspecified atom stereocenters. The molecule has 2 fully saturated rings. The number of likely N-dealkylation sites (tertiary alicyclic amines) is 1. The van der Waals surface area contributed by atoms with Crippen LogP contribution in [0.25, 0.3) is 0 Å². The van der Waals surface area contributed by atoms with E-state index in [1.54, 1.807) is 0 Å². The highest BCUT2D eigenvalue weighted by Crippen LogP contribution is 2.30. The first-order valence-electron chi connectivity index (χ1n) is 8.56. The molecule has 0 aromatic rings. The van der Waals surface area contributed by atoms with Gasteiger partial charge in [0.25, 0.3) is 0 Å². The molecule has 2 N–H and O–H groups in total. The van der Waals surface area contributed by atoms with Crippen LogP contribution < -0.4 is 5.73 Å². The first-order chi connectivity index (χ1) is 9.65. The summed E-state index contributed by atoms with van der Waals surface area (Å²) in [6, 6.07) is 0.669. The van der Waals surface area contributed by atoms with E-state index in [2.05, 4.69) is 35.5 Å². The predicted molar refractivity (Wildman–Crippen MR) is 86.0 cm³/mol. The molecule has 0 radical (unpaired) electrons.